The molecule has 0 bridgehead atoms. The number of hydrogen-bond acceptors (Lipinski definition) is 5. The van der Waals surface area contributed by atoms with Gasteiger partial charge in [-0.25, -0.2) is 13.8 Å². The molecule has 0 aliphatic heterocycles. The molecule has 7 nitrogen and oxygen atoms in total. The number of halogens is 2. The minimum absolute atomic E-state index is 0.0968. The number of fused-ring (bicyclic) bond motifs is 1. The van der Waals surface area contributed by atoms with Crippen molar-refractivity contribution < 1.29 is 22.8 Å². The number of pyridine rings is 1. The third-order valence-corrected chi connectivity index (χ3v) is 4.28. The molecule has 3 heterocycles. The van der Waals surface area contributed by atoms with Gasteiger partial charge in [0.2, 0.25) is 0 Å². The van der Waals surface area contributed by atoms with Crippen molar-refractivity contribution in [2.75, 3.05) is 7.05 Å². The number of carbonyl (C=O) groups excluding carboxylic acids is 1. The zero-order valence-electron chi connectivity index (χ0n) is 15.4. The Morgan fingerprint density at radius 3 is 2.93 bits per heavy atom. The average molecular weight is 398 g/mol. The fourth-order valence-electron chi connectivity index (χ4n) is 2.84. The number of nitrogens with zero attached hydrogens (tertiary/aromatic N) is 4. The maximum atomic E-state index is 13.6. The van der Waals surface area contributed by atoms with Crippen LogP contribution in [0.5, 0.6) is 5.75 Å². The topological polar surface area (TPSA) is 72.9 Å². The second-order valence-electron chi connectivity index (χ2n) is 6.38. The Kier molecular flexibility index (Phi) is 4.94. The molecule has 0 radical (unpaired) electrons. The highest BCUT2D eigenvalue weighted by Crippen LogP contribution is 2.19. The lowest BCUT2D eigenvalue weighted by molar-refractivity contribution is 0.0772. The van der Waals surface area contributed by atoms with E-state index < -0.39 is 11.6 Å². The van der Waals surface area contributed by atoms with Gasteiger partial charge in [-0.3, -0.25) is 4.79 Å². The third-order valence-electron chi connectivity index (χ3n) is 4.28. The van der Waals surface area contributed by atoms with Gasteiger partial charge in [-0.05, 0) is 24.3 Å². The van der Waals surface area contributed by atoms with Gasteiger partial charge in [-0.2, -0.15) is 0 Å². The predicted octanol–water partition coefficient (Wildman–Crippen LogP) is 3.45. The van der Waals surface area contributed by atoms with E-state index in [0.717, 1.165) is 23.5 Å². The Morgan fingerprint density at radius 1 is 1.24 bits per heavy atom. The first kappa shape index (κ1) is 18.6. The van der Waals surface area contributed by atoms with E-state index >= 15 is 0 Å². The molecular weight excluding hydrogens is 382 g/mol. The van der Waals surface area contributed by atoms with Crippen molar-refractivity contribution in [2.24, 2.45) is 0 Å². The molecule has 0 N–H and O–H groups in total. The molecule has 0 spiro atoms. The largest absolute Gasteiger partial charge is 0.482 e. The summed E-state index contributed by atoms with van der Waals surface area (Å²) in [5, 5.41) is 3.76. The average Bonchev–Trinajstić information content (AvgIpc) is 3.34. The van der Waals surface area contributed by atoms with E-state index in [1.807, 2.05) is 28.8 Å². The summed E-state index contributed by atoms with van der Waals surface area (Å²) in [6.45, 7) is 0.170. The molecule has 0 fully saturated rings. The van der Waals surface area contributed by atoms with E-state index in [1.54, 1.807) is 13.2 Å². The Bertz CT molecular complexity index is 1170. The fraction of sp³-hybridized carbons (Fsp3) is 0.150. The first-order valence-corrected chi connectivity index (χ1v) is 8.71. The van der Waals surface area contributed by atoms with Gasteiger partial charge in [0.1, 0.15) is 18.1 Å². The maximum Gasteiger partial charge on any atom is 0.276 e. The molecule has 148 valence electrons. The standard InChI is InChI=1S/C20H16F2N4O3/c1-25(11-14-10-23-19-4-2-3-7-26(14)19)20(27)17-9-15(29-24-17)12-28-18-6-5-13(21)8-16(18)22/h2-10H,11-12H2,1H3. The van der Waals surface area contributed by atoms with Gasteiger partial charge in [-0.15, -0.1) is 0 Å². The van der Waals surface area contributed by atoms with E-state index in [2.05, 4.69) is 10.1 Å². The van der Waals surface area contributed by atoms with Crippen LogP contribution in [0.4, 0.5) is 8.78 Å². The summed E-state index contributed by atoms with van der Waals surface area (Å²) < 4.78 is 38.8. The minimum Gasteiger partial charge on any atom is -0.482 e. The van der Waals surface area contributed by atoms with E-state index in [9.17, 15) is 13.6 Å². The van der Waals surface area contributed by atoms with Crippen LogP contribution in [-0.4, -0.2) is 32.4 Å². The Labute approximate surface area is 164 Å². The molecule has 0 unspecified atom stereocenters. The Morgan fingerprint density at radius 2 is 2.10 bits per heavy atom. The van der Waals surface area contributed by atoms with E-state index in [4.69, 9.17) is 9.26 Å². The molecule has 1 aromatic carbocycles. The molecule has 4 aromatic rings. The summed E-state index contributed by atoms with van der Waals surface area (Å²) in [6.07, 6.45) is 3.58. The number of imidazole rings is 1. The number of amides is 1. The second-order valence-corrected chi connectivity index (χ2v) is 6.38. The third kappa shape index (κ3) is 3.93. The highest BCUT2D eigenvalue weighted by atomic mass is 19.1. The molecule has 4 rings (SSSR count). The highest BCUT2D eigenvalue weighted by Gasteiger charge is 2.19. The van der Waals surface area contributed by atoms with Crippen LogP contribution in [0.2, 0.25) is 0 Å². The highest BCUT2D eigenvalue weighted by molar-refractivity contribution is 5.92. The fourth-order valence-corrected chi connectivity index (χ4v) is 2.84. The minimum atomic E-state index is -0.825. The van der Waals surface area contributed by atoms with Crippen molar-refractivity contribution in [3.8, 4) is 5.75 Å². The summed E-state index contributed by atoms with van der Waals surface area (Å²) >= 11 is 0. The van der Waals surface area contributed by atoms with E-state index in [1.165, 1.54) is 17.0 Å². The van der Waals surface area contributed by atoms with Gasteiger partial charge < -0.3 is 18.6 Å². The lowest BCUT2D eigenvalue weighted by atomic mass is 10.3. The summed E-state index contributed by atoms with van der Waals surface area (Å²) in [5.74, 6) is -1.76. The molecule has 9 heteroatoms. The second kappa shape index (κ2) is 7.70. The molecule has 0 atom stereocenters. The van der Waals surface area contributed by atoms with Crippen molar-refractivity contribution in [1.82, 2.24) is 19.4 Å². The summed E-state index contributed by atoms with van der Waals surface area (Å²) in [4.78, 5) is 18.4. The van der Waals surface area contributed by atoms with Crippen LogP contribution in [0.1, 0.15) is 21.9 Å². The van der Waals surface area contributed by atoms with E-state index in [0.29, 0.717) is 6.54 Å². The lowest BCUT2D eigenvalue weighted by Crippen LogP contribution is -2.27. The van der Waals surface area contributed by atoms with Gasteiger partial charge in [0.25, 0.3) is 5.91 Å². The zero-order valence-corrected chi connectivity index (χ0v) is 15.4. The van der Waals surface area contributed by atoms with Crippen LogP contribution in [0.25, 0.3) is 5.65 Å². The van der Waals surface area contributed by atoms with Gasteiger partial charge in [0.05, 0.1) is 18.4 Å². The van der Waals surface area contributed by atoms with Crippen LogP contribution in [-0.2, 0) is 13.2 Å². The molecule has 0 saturated carbocycles. The molecule has 0 aliphatic carbocycles. The first-order chi connectivity index (χ1) is 14.0. The quantitative estimate of drug-likeness (QED) is 0.497. The number of rotatable bonds is 6. The smallest absolute Gasteiger partial charge is 0.276 e. The van der Waals surface area contributed by atoms with Crippen molar-refractivity contribution in [1.29, 1.82) is 0 Å². The molecule has 0 aliphatic rings. The number of benzene rings is 1. The molecule has 29 heavy (non-hydrogen) atoms. The maximum absolute atomic E-state index is 13.6. The SMILES string of the molecule is CN(Cc1cnc2ccccn12)C(=O)c1cc(COc2ccc(F)cc2F)on1. The van der Waals surface area contributed by atoms with Gasteiger partial charge >= 0.3 is 0 Å². The van der Waals surface area contributed by atoms with Crippen LogP contribution in [0, 0.1) is 11.6 Å². The van der Waals surface area contributed by atoms with Gasteiger partial charge in [0.15, 0.2) is 23.0 Å². The summed E-state index contributed by atoms with van der Waals surface area (Å²) in [7, 11) is 1.64. The molecular formula is C20H16F2N4O3. The molecule has 0 saturated heterocycles. The number of carbonyl (C=O) groups is 1. The number of aromatic nitrogens is 3. The molecule has 3 aromatic heterocycles. The van der Waals surface area contributed by atoms with Crippen molar-refractivity contribution in [3.63, 3.8) is 0 Å². The van der Waals surface area contributed by atoms with Crippen molar-refractivity contribution in [2.45, 2.75) is 13.2 Å². The van der Waals surface area contributed by atoms with E-state index in [-0.39, 0.29) is 29.7 Å². The van der Waals surface area contributed by atoms with Crippen LogP contribution in [0.3, 0.4) is 0 Å². The lowest BCUT2D eigenvalue weighted by Gasteiger charge is -2.15. The Hall–Kier alpha value is -3.75. The van der Waals surface area contributed by atoms with Gasteiger partial charge in [0, 0.05) is 25.4 Å². The first-order valence-electron chi connectivity index (χ1n) is 8.71. The number of hydrogen-bond donors (Lipinski definition) is 0. The monoisotopic (exact) mass is 398 g/mol. The summed E-state index contributed by atoms with van der Waals surface area (Å²) in [6, 6.07) is 10.1. The van der Waals surface area contributed by atoms with Crippen LogP contribution >= 0.6 is 0 Å². The molecule has 1 amide bonds. The Balaban J connectivity index is 1.41. The predicted molar refractivity (Wildman–Crippen MR) is 98.2 cm³/mol. The number of ether oxygens (including phenoxy) is 1. The van der Waals surface area contributed by atoms with Gasteiger partial charge in [-0.1, -0.05) is 11.2 Å². The van der Waals surface area contributed by atoms with Crippen LogP contribution < -0.4 is 4.74 Å². The normalized spacial score (nSPS) is 11.0. The van der Waals surface area contributed by atoms with Crippen LogP contribution in [0.15, 0.2) is 59.4 Å². The van der Waals surface area contributed by atoms with Crippen molar-refractivity contribution >= 4 is 11.6 Å². The summed E-state index contributed by atoms with van der Waals surface area (Å²) in [5.41, 5.74) is 1.73. The zero-order chi connectivity index (χ0) is 20.4. The van der Waals surface area contributed by atoms with Crippen molar-refractivity contribution in [3.05, 3.63) is 83.6 Å².